The highest BCUT2D eigenvalue weighted by Crippen LogP contribution is 2.35. The molecule has 6 N–H and O–H groups in total. The zero-order valence-electron chi connectivity index (χ0n) is 59.9. The standard InChI is InChI=1S/C25H31ClN6O3.C24H27ClF2N6O3.C24H29ClN6O3/c1-16(2)14-32-20-8-7-18(11-17(20)12-21(24(32)34)35-15-22(33)27-3)29-23-19(26)13-28-25(30-23)31-9-5-4-6-10-31;1-13(2)33-18-5-4-17(21(27)15(18)10-19(23(33)35)36-12-20(34)28-3)30-22-16(25)11-29-24(31-22)32-8-6-14(26)7-9-32;1-3-9-31-19-8-7-17(12-16(19)13-20(23(31)33)34-15-21(32)26-2)28-22-18(25)14-27-24(29-22)30-10-5-4-6-11-30/h7-8,11-13,16H,4-6,9-10,14-15H2,1-3H3,(H,27,33)(H,28,29,30);4-5,10-11,13-14H,6-9,12H2,1-3H3,(H,28,34)(H,29,30,31);7-8,12-14H,3-6,9-11,15H2,1-2H3,(H,26,32)(H,27,28,29). The molecule has 6 aromatic heterocycles. The van der Waals surface area contributed by atoms with Gasteiger partial charge in [0.1, 0.15) is 21.2 Å². The lowest BCUT2D eigenvalue weighted by Gasteiger charge is -2.28. The maximum Gasteiger partial charge on any atom is 0.293 e. The summed E-state index contributed by atoms with van der Waals surface area (Å²) in [5, 5.41) is 19.6. The van der Waals surface area contributed by atoms with E-state index in [1.165, 1.54) is 56.9 Å². The number of benzene rings is 3. The topological polar surface area (TPSA) is 304 Å². The molecule has 27 nitrogen and oxygen atoms in total. The summed E-state index contributed by atoms with van der Waals surface area (Å²) in [6.45, 7) is 14.6. The molecule has 3 aromatic carbocycles. The van der Waals surface area contributed by atoms with Crippen LogP contribution in [0.15, 0.2) is 99.7 Å². The van der Waals surface area contributed by atoms with Gasteiger partial charge in [-0.1, -0.05) is 55.6 Å². The fourth-order valence-electron chi connectivity index (χ4n) is 12.2. The average Bonchev–Trinajstić information content (AvgIpc) is 0.777. The van der Waals surface area contributed by atoms with Gasteiger partial charge in [0, 0.05) is 107 Å². The Hall–Kier alpha value is -10.1. The molecule has 0 unspecified atom stereocenters. The highest BCUT2D eigenvalue weighted by Gasteiger charge is 2.25. The highest BCUT2D eigenvalue weighted by atomic mass is 35.5. The molecule has 558 valence electrons. The van der Waals surface area contributed by atoms with E-state index in [0.717, 1.165) is 91.5 Å². The number of halogens is 5. The normalized spacial score (nSPS) is 14.0. The van der Waals surface area contributed by atoms with Crippen molar-refractivity contribution in [3.63, 3.8) is 0 Å². The summed E-state index contributed by atoms with van der Waals surface area (Å²) in [7, 11) is 4.49. The molecule has 0 atom stereocenters. The van der Waals surface area contributed by atoms with Crippen molar-refractivity contribution in [2.45, 2.75) is 118 Å². The minimum absolute atomic E-state index is 0.0720. The fourth-order valence-corrected chi connectivity index (χ4v) is 12.6. The van der Waals surface area contributed by atoms with Crippen molar-refractivity contribution in [1.82, 2.24) is 59.6 Å². The Morgan fingerprint density at radius 3 is 1.37 bits per heavy atom. The van der Waals surface area contributed by atoms with Gasteiger partial charge in [-0.25, -0.2) is 23.7 Å². The minimum Gasteiger partial charge on any atom is -0.478 e. The first-order chi connectivity index (χ1) is 50.5. The van der Waals surface area contributed by atoms with E-state index < -0.39 is 23.5 Å². The van der Waals surface area contributed by atoms with Crippen LogP contribution in [0.1, 0.15) is 98.4 Å². The van der Waals surface area contributed by atoms with Gasteiger partial charge in [-0.3, -0.25) is 28.8 Å². The first-order valence-electron chi connectivity index (χ1n) is 35.1. The number of aromatic nitrogens is 9. The van der Waals surface area contributed by atoms with Crippen molar-refractivity contribution in [2.75, 3.05) is 111 Å². The van der Waals surface area contributed by atoms with Crippen molar-refractivity contribution in [1.29, 1.82) is 0 Å². The van der Waals surface area contributed by atoms with Crippen LogP contribution in [-0.2, 0) is 27.5 Å². The second kappa shape index (κ2) is 36.0. The van der Waals surface area contributed by atoms with Gasteiger partial charge >= 0.3 is 0 Å². The molecule has 12 rings (SSSR count). The number of nitrogens with one attached hydrogen (secondary N) is 6. The first-order valence-corrected chi connectivity index (χ1v) is 36.2. The molecule has 0 bridgehead atoms. The number of rotatable bonds is 23. The number of anilines is 9. The van der Waals surface area contributed by atoms with E-state index in [1.807, 2.05) is 62.1 Å². The predicted octanol–water partition coefficient (Wildman–Crippen LogP) is 11.6. The number of likely N-dealkylation sites (N-methyl/N-ethyl adjacent to an activating group) is 3. The predicted molar refractivity (Wildman–Crippen MR) is 408 cm³/mol. The highest BCUT2D eigenvalue weighted by molar-refractivity contribution is 6.33. The quantitative estimate of drug-likeness (QED) is 0.0347. The third-order valence-electron chi connectivity index (χ3n) is 17.6. The van der Waals surface area contributed by atoms with Gasteiger partial charge in [-0.2, -0.15) is 15.0 Å². The Labute approximate surface area is 620 Å². The molecule has 0 saturated carbocycles. The summed E-state index contributed by atoms with van der Waals surface area (Å²) in [6, 6.07) is 18.8. The molecule has 3 fully saturated rings. The van der Waals surface area contributed by atoms with Gasteiger partial charge in [0.25, 0.3) is 34.4 Å². The molecular weight excluding hydrogens is 1420 g/mol. The van der Waals surface area contributed by atoms with E-state index >= 15 is 4.39 Å². The van der Waals surface area contributed by atoms with Crippen LogP contribution in [0, 0.1) is 11.7 Å². The molecule has 3 aliphatic rings. The molecule has 3 aliphatic heterocycles. The number of carbonyl (C=O) groups is 3. The molecule has 3 amide bonds. The van der Waals surface area contributed by atoms with Crippen LogP contribution in [0.4, 0.5) is 61.1 Å². The van der Waals surface area contributed by atoms with E-state index in [-0.39, 0.29) is 93.9 Å². The summed E-state index contributed by atoms with van der Waals surface area (Å²) in [4.78, 5) is 107. The second-order valence-electron chi connectivity index (χ2n) is 26.1. The molecule has 105 heavy (non-hydrogen) atoms. The molecule has 0 aliphatic carbocycles. The number of ether oxygens (including phenoxy) is 3. The minimum atomic E-state index is -0.841. The first kappa shape index (κ1) is 77.5. The Balaban J connectivity index is 0.000000169. The summed E-state index contributed by atoms with van der Waals surface area (Å²) in [5.41, 5.74) is 2.53. The SMILES string of the molecule is CCCn1c(=O)c(OCC(=O)NC)cc2cc(Nc3nc(N4CCCCC4)ncc3Cl)ccc21.CNC(=O)COc1cc2c(F)c(Nc3nc(N4CCC(F)CC4)ncc3Cl)ccc2n(C(C)C)c1=O.CNC(=O)COc1cc2cc(Nc3nc(N4CCCCC4)ncc3Cl)ccc2n(CC(C)C)c1=O. The van der Waals surface area contributed by atoms with Gasteiger partial charge in [-0.05, 0) is 144 Å². The number of alkyl halides is 1. The summed E-state index contributed by atoms with van der Waals surface area (Å²) in [6.07, 6.45) is 12.3. The molecule has 9 heterocycles. The van der Waals surface area contributed by atoms with E-state index in [9.17, 15) is 33.2 Å². The van der Waals surface area contributed by atoms with E-state index in [4.69, 9.17) is 49.0 Å². The number of fused-ring (bicyclic) bond motifs is 3. The number of carbonyl (C=O) groups excluding carboxylic acids is 3. The van der Waals surface area contributed by atoms with E-state index in [2.05, 4.69) is 71.6 Å². The van der Waals surface area contributed by atoms with Gasteiger partial charge in [0.15, 0.2) is 60.3 Å². The van der Waals surface area contributed by atoms with Gasteiger partial charge in [-0.15, -0.1) is 0 Å². The number of hydrogen-bond donors (Lipinski definition) is 6. The Kier molecular flexibility index (Phi) is 26.6. The molecule has 0 spiro atoms. The number of amides is 3. The van der Waals surface area contributed by atoms with Crippen LogP contribution in [0.2, 0.25) is 15.1 Å². The lowest BCUT2D eigenvalue weighted by molar-refractivity contribution is -0.123. The number of nitrogens with zero attached hydrogens (tertiary/aromatic N) is 12. The van der Waals surface area contributed by atoms with E-state index in [0.29, 0.717) is 84.1 Å². The van der Waals surface area contributed by atoms with Gasteiger partial charge in [0.05, 0.1) is 40.8 Å². The van der Waals surface area contributed by atoms with Crippen LogP contribution in [0.5, 0.6) is 17.2 Å². The number of aryl methyl sites for hydroxylation is 1. The zero-order chi connectivity index (χ0) is 75.0. The molecule has 32 heteroatoms. The largest absolute Gasteiger partial charge is 0.478 e. The molecule has 9 aromatic rings. The summed E-state index contributed by atoms with van der Waals surface area (Å²) < 4.78 is 50.5. The third kappa shape index (κ3) is 19.4. The monoisotopic (exact) mass is 1500 g/mol. The molecule has 3 saturated heterocycles. The number of hydrogen-bond acceptors (Lipinski definition) is 21. The number of piperidine rings is 3. The molecular formula is C73H87Cl3F2N18O9. The fraction of sp³-hybridized carbons (Fsp3) is 0.425. The maximum absolute atomic E-state index is 15.8. The lowest BCUT2D eigenvalue weighted by atomic mass is 10.1. The van der Waals surface area contributed by atoms with Crippen LogP contribution < -0.4 is 77.5 Å². The average molecular weight is 1500 g/mol. The van der Waals surface area contributed by atoms with Crippen LogP contribution in [0.25, 0.3) is 32.7 Å². The zero-order valence-corrected chi connectivity index (χ0v) is 62.2. The van der Waals surface area contributed by atoms with Gasteiger partial charge in [0.2, 0.25) is 17.8 Å². The Morgan fingerprint density at radius 2 is 0.943 bits per heavy atom. The Bertz CT molecular complexity index is 4800. The van der Waals surface area contributed by atoms with Crippen LogP contribution in [0.3, 0.4) is 0 Å². The summed E-state index contributed by atoms with van der Waals surface area (Å²) in [5.74, 6) is 1.60. The van der Waals surface area contributed by atoms with Crippen LogP contribution >= 0.6 is 34.8 Å². The lowest BCUT2D eigenvalue weighted by Crippen LogP contribution is -2.35. The third-order valence-corrected chi connectivity index (χ3v) is 18.5. The smallest absolute Gasteiger partial charge is 0.293 e. The van der Waals surface area contributed by atoms with Crippen molar-refractivity contribution >= 4 is 138 Å². The second-order valence-corrected chi connectivity index (χ2v) is 27.3. The van der Waals surface area contributed by atoms with Crippen molar-refractivity contribution in [3.8, 4) is 17.2 Å². The van der Waals surface area contributed by atoms with Gasteiger partial charge < -0.3 is 74.5 Å². The van der Waals surface area contributed by atoms with Crippen molar-refractivity contribution in [2.24, 2.45) is 5.92 Å². The van der Waals surface area contributed by atoms with Crippen molar-refractivity contribution in [3.05, 3.63) is 137 Å². The maximum atomic E-state index is 15.8. The Morgan fingerprint density at radius 1 is 0.533 bits per heavy atom. The van der Waals surface area contributed by atoms with Crippen LogP contribution in [-0.4, -0.2) is 148 Å². The molecule has 0 radical (unpaired) electrons. The number of pyridine rings is 3. The summed E-state index contributed by atoms with van der Waals surface area (Å²) >= 11 is 19.1. The van der Waals surface area contributed by atoms with E-state index in [1.54, 1.807) is 53.6 Å². The van der Waals surface area contributed by atoms with Crippen molar-refractivity contribution < 1.29 is 37.4 Å².